The van der Waals surface area contributed by atoms with E-state index in [2.05, 4.69) is 14.8 Å². The Morgan fingerprint density at radius 2 is 2.07 bits per heavy atom. The molecule has 4 N–H and O–H groups in total. The minimum absolute atomic E-state index is 0.129. The second-order valence-electron chi connectivity index (χ2n) is 6.20. The molecule has 3 heteroatoms. The lowest BCUT2D eigenvalue weighted by Crippen LogP contribution is -2.48. The van der Waals surface area contributed by atoms with Crippen LogP contribution in [-0.4, -0.2) is 19.4 Å². The first kappa shape index (κ1) is 11.5. The van der Waals surface area contributed by atoms with Gasteiger partial charge in [-0.25, -0.2) is 0 Å². The minimum atomic E-state index is 0.129. The maximum atomic E-state index is 6.61. The van der Waals surface area contributed by atoms with Crippen LogP contribution in [0.25, 0.3) is 0 Å². The zero-order chi connectivity index (χ0) is 11.1. The van der Waals surface area contributed by atoms with Gasteiger partial charge >= 0.3 is 0 Å². The lowest BCUT2D eigenvalue weighted by atomic mass is 9.55. The third-order valence-corrected chi connectivity index (χ3v) is 5.05. The lowest BCUT2D eigenvalue weighted by molar-refractivity contribution is 0.211. The van der Waals surface area contributed by atoms with E-state index in [1.165, 1.54) is 44.9 Å². The molecule has 2 nitrogen and oxygen atoms in total. The van der Waals surface area contributed by atoms with E-state index in [4.69, 9.17) is 11.5 Å². The standard InChI is InChI=1S/C12H25BN2/c1-2-10-11(13)6-7-12(10,15)5-3-4-9(14)8-11/h9-10H,2-8,13-15H2,1H3. The predicted octanol–water partition coefficient (Wildman–Crippen LogP) is 1.20. The third kappa shape index (κ3) is 1.85. The number of hydrogen-bond acceptors (Lipinski definition) is 2. The fraction of sp³-hybridized carbons (Fsp3) is 1.00. The van der Waals surface area contributed by atoms with Crippen molar-refractivity contribution < 1.29 is 0 Å². The normalized spacial score (nSPS) is 51.1. The highest BCUT2D eigenvalue weighted by atomic mass is 14.8. The number of hydrogen-bond donors (Lipinski definition) is 2. The number of rotatable bonds is 1. The van der Waals surface area contributed by atoms with Crippen LogP contribution in [0, 0.1) is 5.92 Å². The van der Waals surface area contributed by atoms with Gasteiger partial charge in [0.05, 0.1) is 0 Å². The Hall–Kier alpha value is -0.0151. The molecular formula is C12H25BN2. The Morgan fingerprint density at radius 1 is 1.33 bits per heavy atom. The topological polar surface area (TPSA) is 52.0 Å². The van der Waals surface area contributed by atoms with Crippen LogP contribution in [0.4, 0.5) is 0 Å². The molecule has 0 aromatic heterocycles. The molecule has 2 fully saturated rings. The Balaban J connectivity index is 2.26. The van der Waals surface area contributed by atoms with Crippen molar-refractivity contribution in [2.75, 3.05) is 0 Å². The molecule has 0 aromatic rings. The van der Waals surface area contributed by atoms with Gasteiger partial charge < -0.3 is 11.5 Å². The third-order valence-electron chi connectivity index (χ3n) is 5.05. The molecule has 2 aliphatic carbocycles. The van der Waals surface area contributed by atoms with Gasteiger partial charge in [0.25, 0.3) is 0 Å². The van der Waals surface area contributed by atoms with E-state index in [1.54, 1.807) is 0 Å². The molecule has 2 bridgehead atoms. The van der Waals surface area contributed by atoms with Crippen LogP contribution in [0.3, 0.4) is 0 Å². The van der Waals surface area contributed by atoms with Crippen LogP contribution in [0.5, 0.6) is 0 Å². The number of fused-ring (bicyclic) bond motifs is 2. The lowest BCUT2D eigenvalue weighted by Gasteiger charge is -2.42. The van der Waals surface area contributed by atoms with Crippen molar-refractivity contribution in [1.29, 1.82) is 0 Å². The summed E-state index contributed by atoms with van der Waals surface area (Å²) in [5.74, 6) is 0.691. The summed E-state index contributed by atoms with van der Waals surface area (Å²) < 4.78 is 0. The molecule has 0 saturated heterocycles. The van der Waals surface area contributed by atoms with E-state index in [0.29, 0.717) is 17.3 Å². The molecule has 0 heterocycles. The summed E-state index contributed by atoms with van der Waals surface area (Å²) in [6, 6.07) is 0.409. The van der Waals surface area contributed by atoms with E-state index >= 15 is 0 Å². The first-order valence-corrected chi connectivity index (χ1v) is 6.55. The maximum Gasteiger partial charge on any atom is 0.110 e. The highest BCUT2D eigenvalue weighted by molar-refractivity contribution is 6.15. The molecule has 2 saturated carbocycles. The van der Waals surface area contributed by atoms with Crippen molar-refractivity contribution in [3.05, 3.63) is 0 Å². The summed E-state index contributed by atoms with van der Waals surface area (Å²) in [6.45, 7) is 2.29. The molecule has 4 atom stereocenters. The summed E-state index contributed by atoms with van der Waals surface area (Å²) in [7, 11) is 2.42. The molecular weight excluding hydrogens is 183 g/mol. The highest BCUT2D eigenvalue weighted by Crippen LogP contribution is 2.58. The van der Waals surface area contributed by atoms with Gasteiger partial charge in [-0.15, -0.1) is 0 Å². The van der Waals surface area contributed by atoms with Gasteiger partial charge in [0.1, 0.15) is 7.85 Å². The monoisotopic (exact) mass is 208 g/mol. The molecule has 0 aliphatic heterocycles. The fourth-order valence-electron chi connectivity index (χ4n) is 4.40. The largest absolute Gasteiger partial charge is 0.328 e. The van der Waals surface area contributed by atoms with Crippen molar-refractivity contribution in [3.63, 3.8) is 0 Å². The van der Waals surface area contributed by atoms with Gasteiger partial charge in [-0.3, -0.25) is 0 Å². The second-order valence-corrected chi connectivity index (χ2v) is 6.20. The van der Waals surface area contributed by atoms with Crippen molar-refractivity contribution in [3.8, 4) is 0 Å². The zero-order valence-corrected chi connectivity index (χ0v) is 10.3. The van der Waals surface area contributed by atoms with E-state index in [1.807, 2.05) is 0 Å². The zero-order valence-electron chi connectivity index (χ0n) is 10.3. The smallest absolute Gasteiger partial charge is 0.110 e. The maximum absolute atomic E-state index is 6.61. The molecule has 15 heavy (non-hydrogen) atoms. The molecule has 4 unspecified atom stereocenters. The molecule has 0 aromatic carbocycles. The van der Waals surface area contributed by atoms with Gasteiger partial charge in [0.15, 0.2) is 0 Å². The average molecular weight is 208 g/mol. The molecule has 86 valence electrons. The van der Waals surface area contributed by atoms with Gasteiger partial charge in [0, 0.05) is 11.6 Å². The SMILES string of the molecule is BC12CCC(N)(CCCC(N)C1)C2CC. The summed E-state index contributed by atoms with van der Waals surface area (Å²) in [6.07, 6.45) is 8.50. The summed E-state index contributed by atoms with van der Waals surface area (Å²) in [4.78, 5) is 0. The second kappa shape index (κ2) is 3.78. The van der Waals surface area contributed by atoms with Gasteiger partial charge in [-0.05, 0) is 31.6 Å². The van der Waals surface area contributed by atoms with Crippen molar-refractivity contribution in [2.45, 2.75) is 68.8 Å². The quantitative estimate of drug-likeness (QED) is 0.636. The van der Waals surface area contributed by atoms with Crippen LogP contribution in [0.2, 0.25) is 5.31 Å². The Kier molecular flexibility index (Phi) is 2.89. The fourth-order valence-corrected chi connectivity index (χ4v) is 4.40. The Morgan fingerprint density at radius 3 is 2.73 bits per heavy atom. The molecule has 0 radical (unpaired) electrons. The van der Waals surface area contributed by atoms with Crippen LogP contribution in [0.15, 0.2) is 0 Å². The first-order chi connectivity index (χ1) is 7.00. The molecule has 2 rings (SSSR count). The molecule has 0 spiro atoms. The summed E-state index contributed by atoms with van der Waals surface area (Å²) >= 11 is 0. The van der Waals surface area contributed by atoms with Gasteiger partial charge in [0.2, 0.25) is 0 Å². The Bertz CT molecular complexity index is 246. The predicted molar refractivity (Wildman–Crippen MR) is 67.6 cm³/mol. The van der Waals surface area contributed by atoms with Gasteiger partial charge in [-0.2, -0.15) is 0 Å². The van der Waals surface area contributed by atoms with Crippen LogP contribution in [0.1, 0.15) is 51.9 Å². The van der Waals surface area contributed by atoms with Crippen LogP contribution >= 0.6 is 0 Å². The van der Waals surface area contributed by atoms with Gasteiger partial charge in [-0.1, -0.05) is 31.5 Å². The Labute approximate surface area is 94.6 Å². The minimum Gasteiger partial charge on any atom is -0.328 e. The first-order valence-electron chi connectivity index (χ1n) is 6.55. The summed E-state index contributed by atoms with van der Waals surface area (Å²) in [5, 5.41) is 0.420. The van der Waals surface area contributed by atoms with E-state index in [9.17, 15) is 0 Å². The van der Waals surface area contributed by atoms with Crippen molar-refractivity contribution in [2.24, 2.45) is 17.4 Å². The van der Waals surface area contributed by atoms with E-state index in [-0.39, 0.29) is 5.54 Å². The average Bonchev–Trinajstić information content (AvgIpc) is 2.39. The van der Waals surface area contributed by atoms with Crippen LogP contribution < -0.4 is 11.5 Å². The highest BCUT2D eigenvalue weighted by Gasteiger charge is 2.51. The molecule has 0 amide bonds. The molecule has 2 aliphatic rings. The van der Waals surface area contributed by atoms with E-state index in [0.717, 1.165) is 0 Å². The van der Waals surface area contributed by atoms with Crippen LogP contribution in [-0.2, 0) is 0 Å². The summed E-state index contributed by atoms with van der Waals surface area (Å²) in [5.41, 5.74) is 12.9. The van der Waals surface area contributed by atoms with E-state index < -0.39 is 0 Å². The van der Waals surface area contributed by atoms with Crippen molar-refractivity contribution in [1.82, 2.24) is 0 Å². The number of nitrogens with two attached hydrogens (primary N) is 2. The van der Waals surface area contributed by atoms with Crippen molar-refractivity contribution >= 4 is 7.85 Å².